The van der Waals surface area contributed by atoms with Gasteiger partial charge in [-0.2, -0.15) is 0 Å². The fourth-order valence-electron chi connectivity index (χ4n) is 4.06. The summed E-state index contributed by atoms with van der Waals surface area (Å²) in [6.45, 7) is 1.06. The van der Waals surface area contributed by atoms with Crippen molar-refractivity contribution in [1.82, 2.24) is 0 Å². The Morgan fingerprint density at radius 2 is 0.911 bits per heavy atom. The molecule has 0 fully saturated rings. The van der Waals surface area contributed by atoms with Crippen molar-refractivity contribution in [3.05, 3.63) is 114 Å². The second-order valence-electron chi connectivity index (χ2n) is 9.80. The Morgan fingerprint density at radius 1 is 0.511 bits per heavy atom. The Bertz CT molecular complexity index is 1470. The lowest BCUT2D eigenvalue weighted by Crippen LogP contribution is -2.07. The Hall–Kier alpha value is -3.65. The van der Waals surface area contributed by atoms with E-state index in [0.717, 1.165) is 11.1 Å². The molecule has 0 aliphatic heterocycles. The number of hydrogen-bond acceptors (Lipinski definition) is 8. The molecule has 0 saturated carbocycles. The zero-order valence-corrected chi connectivity index (χ0v) is 26.8. The maximum atomic E-state index is 13.6. The molecule has 11 heteroatoms. The van der Waals surface area contributed by atoms with Crippen molar-refractivity contribution in [2.75, 3.05) is 26.4 Å². The molecule has 0 N–H and O–H groups in total. The summed E-state index contributed by atoms with van der Waals surface area (Å²) in [5, 5.41) is -1.05. The Balaban J connectivity index is 1.25. The van der Waals surface area contributed by atoms with E-state index in [0.29, 0.717) is 67.3 Å². The second kappa shape index (κ2) is 17.7. The Kier molecular flexibility index (Phi) is 13.5. The van der Waals surface area contributed by atoms with Crippen LogP contribution in [0.15, 0.2) is 103 Å². The molecule has 0 atom stereocenters. The van der Waals surface area contributed by atoms with E-state index in [1.165, 1.54) is 0 Å². The molecule has 236 valence electrons. The number of unbranched alkanes of at least 4 members (excludes halogenated alkanes) is 2. The van der Waals surface area contributed by atoms with Gasteiger partial charge in [-0.05, 0) is 121 Å². The van der Waals surface area contributed by atoms with Gasteiger partial charge < -0.3 is 14.0 Å². The van der Waals surface area contributed by atoms with Gasteiger partial charge in [0.1, 0.15) is 17.2 Å². The average Bonchev–Trinajstić information content (AvgIpc) is 3.05. The summed E-state index contributed by atoms with van der Waals surface area (Å²) in [6, 6.07) is 30.2. The van der Waals surface area contributed by atoms with E-state index >= 15 is 0 Å². The number of phosphoric ester groups is 1. The first-order valence-corrected chi connectivity index (χ1v) is 16.6. The van der Waals surface area contributed by atoms with Crippen LogP contribution in [0.1, 0.15) is 46.4 Å². The van der Waals surface area contributed by atoms with Gasteiger partial charge in [-0.3, -0.25) is 18.6 Å². The molecule has 45 heavy (non-hydrogen) atoms. The van der Waals surface area contributed by atoms with Crippen molar-refractivity contribution in [3.8, 4) is 28.4 Å². The highest BCUT2D eigenvalue weighted by Gasteiger charge is 2.28. The summed E-state index contributed by atoms with van der Waals surface area (Å²) in [7, 11) is -3.94. The van der Waals surface area contributed by atoms with E-state index in [4.69, 9.17) is 46.2 Å². The molecule has 4 aromatic rings. The monoisotopic (exact) mass is 670 g/mol. The lowest BCUT2D eigenvalue weighted by molar-refractivity contribution is 0.107. The van der Waals surface area contributed by atoms with Gasteiger partial charge in [-0.15, -0.1) is 0 Å². The van der Waals surface area contributed by atoms with Crippen molar-refractivity contribution >= 4 is 41.5 Å². The van der Waals surface area contributed by atoms with Crippen LogP contribution in [0.5, 0.6) is 17.2 Å². The summed E-state index contributed by atoms with van der Waals surface area (Å²) >= 11 is 10.9. The van der Waals surface area contributed by atoms with E-state index in [9.17, 15) is 14.2 Å². The zero-order valence-electron chi connectivity index (χ0n) is 24.4. The number of benzene rings is 4. The molecular formula is C34H33Cl2O8P. The summed E-state index contributed by atoms with van der Waals surface area (Å²) < 4.78 is 42.1. The van der Waals surface area contributed by atoms with E-state index in [1.54, 1.807) is 60.7 Å². The summed E-state index contributed by atoms with van der Waals surface area (Å²) in [5.41, 5.74) is 2.83. The van der Waals surface area contributed by atoms with Crippen LogP contribution in [-0.2, 0) is 13.6 Å². The molecular weight excluding hydrogens is 638 g/mol. The normalized spacial score (nSPS) is 11.2. The molecule has 4 aromatic carbocycles. The molecule has 0 spiro atoms. The first-order valence-electron chi connectivity index (χ1n) is 14.4. The van der Waals surface area contributed by atoms with Crippen molar-refractivity contribution in [2.45, 2.75) is 25.7 Å². The second-order valence-corrected chi connectivity index (χ2v) is 12.1. The minimum Gasteiger partial charge on any atom is -0.494 e. The van der Waals surface area contributed by atoms with Crippen LogP contribution in [0.4, 0.5) is 0 Å². The Labute approximate surface area is 272 Å². The minimum absolute atomic E-state index is 0.131. The number of halogens is 2. The maximum absolute atomic E-state index is 13.6. The quantitative estimate of drug-likeness (QED) is 0.0553. The third-order valence-electron chi connectivity index (χ3n) is 6.45. The van der Waals surface area contributed by atoms with Crippen molar-refractivity contribution < 1.29 is 37.2 Å². The molecule has 0 saturated heterocycles. The van der Waals surface area contributed by atoms with Gasteiger partial charge >= 0.3 is 7.82 Å². The Morgan fingerprint density at radius 3 is 1.36 bits per heavy atom. The van der Waals surface area contributed by atoms with Crippen LogP contribution in [0.3, 0.4) is 0 Å². The lowest BCUT2D eigenvalue weighted by Gasteiger charge is -2.19. The third kappa shape index (κ3) is 11.7. The lowest BCUT2D eigenvalue weighted by atomic mass is 10.1. The fourth-order valence-corrected chi connectivity index (χ4v) is 5.58. The van der Waals surface area contributed by atoms with E-state index in [-0.39, 0.29) is 13.2 Å². The van der Waals surface area contributed by atoms with Crippen LogP contribution in [-0.4, -0.2) is 36.9 Å². The molecule has 0 aliphatic carbocycles. The van der Waals surface area contributed by atoms with Crippen molar-refractivity contribution in [1.29, 1.82) is 0 Å². The number of carbonyl (C=O) groups is 2. The van der Waals surface area contributed by atoms with Crippen molar-refractivity contribution in [2.24, 2.45) is 0 Å². The number of hydrogen-bond donors (Lipinski definition) is 0. The summed E-state index contributed by atoms with van der Waals surface area (Å²) in [4.78, 5) is 22.4. The zero-order chi connectivity index (χ0) is 31.9. The van der Waals surface area contributed by atoms with Gasteiger partial charge in [0, 0.05) is 11.1 Å². The highest BCUT2D eigenvalue weighted by molar-refractivity contribution is 7.48. The van der Waals surface area contributed by atoms with Gasteiger partial charge in [-0.25, -0.2) is 4.57 Å². The molecule has 8 nitrogen and oxygen atoms in total. The van der Waals surface area contributed by atoms with Crippen LogP contribution in [0, 0.1) is 0 Å². The van der Waals surface area contributed by atoms with Crippen LogP contribution in [0.25, 0.3) is 11.1 Å². The van der Waals surface area contributed by atoms with E-state index in [1.807, 2.05) is 42.5 Å². The molecule has 4 rings (SSSR count). The number of phosphoric acid groups is 1. The van der Waals surface area contributed by atoms with Crippen LogP contribution in [0.2, 0.25) is 0 Å². The first-order chi connectivity index (χ1) is 21.8. The van der Waals surface area contributed by atoms with Gasteiger partial charge in [0.15, 0.2) is 0 Å². The predicted molar refractivity (Wildman–Crippen MR) is 175 cm³/mol. The molecule has 0 unspecified atom stereocenters. The minimum atomic E-state index is -3.94. The number of ether oxygens (including phenoxy) is 2. The summed E-state index contributed by atoms with van der Waals surface area (Å²) in [5.74, 6) is 1.59. The largest absolute Gasteiger partial charge is 0.530 e. The van der Waals surface area contributed by atoms with E-state index < -0.39 is 18.3 Å². The molecule has 0 bridgehead atoms. The highest BCUT2D eigenvalue weighted by atomic mass is 35.5. The molecule has 0 radical (unpaired) electrons. The maximum Gasteiger partial charge on any atom is 0.530 e. The van der Waals surface area contributed by atoms with Gasteiger partial charge in [-0.1, -0.05) is 42.5 Å². The average molecular weight is 672 g/mol. The molecule has 0 amide bonds. The standard InChI is InChI=1S/C34H33Cl2O8P/c35-33(37)28-12-16-30(17-13-28)40-22-4-6-24-42-45(39,44-32-20-10-27(11-21-32)26-8-2-1-3-9-26)43-25-7-5-23-41-31-18-14-29(15-19-31)34(36)38/h1-3,8-21H,4-7,22-25H2. The van der Waals surface area contributed by atoms with Gasteiger partial charge in [0.05, 0.1) is 26.4 Å². The van der Waals surface area contributed by atoms with Crippen LogP contribution >= 0.6 is 31.0 Å². The smallest absolute Gasteiger partial charge is 0.494 e. The number of rotatable bonds is 19. The van der Waals surface area contributed by atoms with Crippen LogP contribution < -0.4 is 14.0 Å². The predicted octanol–water partition coefficient (Wildman–Crippen LogP) is 9.35. The topological polar surface area (TPSA) is 97.4 Å². The third-order valence-corrected chi connectivity index (χ3v) is 8.32. The SMILES string of the molecule is O=C(Cl)c1ccc(OCCCCOP(=O)(OCCCCOc2ccc(C(=O)Cl)cc2)Oc2ccc(-c3ccccc3)cc2)cc1. The number of carbonyl (C=O) groups excluding carboxylic acids is 2. The van der Waals surface area contributed by atoms with Crippen molar-refractivity contribution in [3.63, 3.8) is 0 Å². The molecule has 0 aliphatic rings. The van der Waals surface area contributed by atoms with Gasteiger partial charge in [0.2, 0.25) is 0 Å². The fraction of sp³-hybridized carbons (Fsp3) is 0.235. The molecule has 0 heterocycles. The van der Waals surface area contributed by atoms with Gasteiger partial charge in [0.25, 0.3) is 10.5 Å². The molecule has 0 aromatic heterocycles. The highest BCUT2D eigenvalue weighted by Crippen LogP contribution is 2.50. The summed E-state index contributed by atoms with van der Waals surface area (Å²) in [6.07, 6.45) is 2.34. The first kappa shape index (κ1) is 34.2. The van der Waals surface area contributed by atoms with E-state index in [2.05, 4.69) is 0 Å².